The summed E-state index contributed by atoms with van der Waals surface area (Å²) in [5, 5.41) is 0. The summed E-state index contributed by atoms with van der Waals surface area (Å²) in [6, 6.07) is 6.00. The highest BCUT2D eigenvalue weighted by molar-refractivity contribution is 5.28. The Labute approximate surface area is 233 Å². The molecule has 0 N–H and O–H groups in total. The molecule has 0 aliphatic heterocycles. The number of halogens is 5. The Balaban J connectivity index is 1.13. The van der Waals surface area contributed by atoms with Gasteiger partial charge in [0.1, 0.15) is 11.6 Å². The maximum Gasteiger partial charge on any atom is 0.412 e. The first kappa shape index (κ1) is 30.6. The van der Waals surface area contributed by atoms with Crippen molar-refractivity contribution in [2.75, 3.05) is 0 Å². The Morgan fingerprint density at radius 3 is 1.90 bits per heavy atom. The van der Waals surface area contributed by atoms with Gasteiger partial charge in [-0.3, -0.25) is 0 Å². The van der Waals surface area contributed by atoms with Crippen molar-refractivity contribution in [3.8, 4) is 0 Å². The highest BCUT2D eigenvalue weighted by Gasteiger charge is 2.33. The Kier molecular flexibility index (Phi) is 11.4. The molecule has 0 heterocycles. The largest absolute Gasteiger partial charge is 0.412 e. The van der Waals surface area contributed by atoms with Crippen LogP contribution in [0.2, 0.25) is 0 Å². The molecule has 0 aromatic heterocycles. The summed E-state index contributed by atoms with van der Waals surface area (Å²) >= 11 is 0. The molecule has 3 fully saturated rings. The molecule has 0 nitrogen and oxygen atoms in total. The van der Waals surface area contributed by atoms with Crippen molar-refractivity contribution in [1.29, 1.82) is 0 Å². The fraction of sp³-hybridized carbons (Fsp3) is 0.765. The summed E-state index contributed by atoms with van der Waals surface area (Å²) in [6.45, 7) is 2.19. The molecule has 0 unspecified atom stereocenters. The van der Waals surface area contributed by atoms with Crippen LogP contribution in [0.4, 0.5) is 22.0 Å². The molecular weight excluding hydrogens is 503 g/mol. The number of hydrogen-bond acceptors (Lipinski definition) is 0. The maximum absolute atomic E-state index is 14.9. The van der Waals surface area contributed by atoms with E-state index in [1.165, 1.54) is 57.8 Å². The van der Waals surface area contributed by atoms with Crippen LogP contribution in [0.5, 0.6) is 0 Å². The van der Waals surface area contributed by atoms with E-state index in [4.69, 9.17) is 0 Å². The third kappa shape index (κ3) is 9.32. The first-order valence-corrected chi connectivity index (χ1v) is 15.9. The second-order valence-corrected chi connectivity index (χ2v) is 13.1. The predicted molar refractivity (Wildman–Crippen MR) is 150 cm³/mol. The van der Waals surface area contributed by atoms with Crippen molar-refractivity contribution < 1.29 is 22.0 Å². The lowest BCUT2D eigenvalue weighted by Crippen LogP contribution is -2.26. The lowest BCUT2D eigenvalue weighted by molar-refractivity contribution is -0.0821. The molecule has 220 valence electrons. The van der Waals surface area contributed by atoms with Gasteiger partial charge in [-0.25, -0.2) is 8.78 Å². The molecular formula is C34H49F5. The van der Waals surface area contributed by atoms with E-state index in [9.17, 15) is 22.0 Å². The average molecular weight is 553 g/mol. The van der Waals surface area contributed by atoms with Crippen LogP contribution in [0, 0.1) is 35.4 Å². The molecule has 0 saturated heterocycles. The van der Waals surface area contributed by atoms with Crippen molar-refractivity contribution in [1.82, 2.24) is 0 Å². The number of alkyl halides is 3. The molecule has 0 amide bonds. The smallest absolute Gasteiger partial charge is 0.212 e. The molecule has 39 heavy (non-hydrogen) atoms. The van der Waals surface area contributed by atoms with E-state index in [0.29, 0.717) is 24.7 Å². The lowest BCUT2D eigenvalue weighted by atomic mass is 9.67. The predicted octanol–water partition coefficient (Wildman–Crippen LogP) is 11.6. The van der Waals surface area contributed by atoms with Gasteiger partial charge < -0.3 is 0 Å². The molecule has 3 saturated carbocycles. The molecule has 3 aliphatic carbocycles. The van der Waals surface area contributed by atoms with E-state index in [2.05, 4.69) is 19.1 Å². The SMILES string of the molecule is CCCCCc1ccc(C2CCC(C3CCC(CCC4CCC(C(F)=CC(F)(F)F)CC4)CC3)CC2)c(F)c1. The zero-order valence-corrected chi connectivity index (χ0v) is 23.9. The van der Waals surface area contributed by atoms with Crippen LogP contribution in [-0.4, -0.2) is 6.18 Å². The average Bonchev–Trinajstić information content (AvgIpc) is 2.92. The molecule has 4 rings (SSSR count). The monoisotopic (exact) mass is 552 g/mol. The third-order valence-corrected chi connectivity index (χ3v) is 10.4. The Morgan fingerprint density at radius 1 is 0.795 bits per heavy atom. The molecule has 1 aromatic rings. The van der Waals surface area contributed by atoms with Crippen molar-refractivity contribution in [2.45, 2.75) is 135 Å². The minimum absolute atomic E-state index is 0.00403. The Morgan fingerprint density at radius 2 is 1.36 bits per heavy atom. The van der Waals surface area contributed by atoms with Gasteiger partial charge in [0.2, 0.25) is 0 Å². The van der Waals surface area contributed by atoms with Gasteiger partial charge in [-0.15, -0.1) is 0 Å². The summed E-state index contributed by atoms with van der Waals surface area (Å²) in [4.78, 5) is 0. The van der Waals surface area contributed by atoms with Crippen molar-refractivity contribution in [3.05, 3.63) is 47.0 Å². The van der Waals surface area contributed by atoms with Gasteiger partial charge in [-0.2, -0.15) is 13.2 Å². The van der Waals surface area contributed by atoms with Gasteiger partial charge in [-0.05, 0) is 124 Å². The quantitative estimate of drug-likeness (QED) is 0.200. The first-order chi connectivity index (χ1) is 18.7. The summed E-state index contributed by atoms with van der Waals surface area (Å²) in [5.41, 5.74) is 2.07. The normalized spacial score (nSPS) is 30.9. The van der Waals surface area contributed by atoms with Crippen LogP contribution in [0.25, 0.3) is 0 Å². The van der Waals surface area contributed by atoms with Crippen LogP contribution in [0.15, 0.2) is 30.1 Å². The van der Waals surface area contributed by atoms with E-state index >= 15 is 0 Å². The standard InChI is InChI=1S/C34H49F5/c1-2-3-4-5-26-12-21-31(32(35)22-26)29-19-17-28(18-20-29)27-13-8-24(9-14-27)6-7-25-10-15-30(16-11-25)33(36)23-34(37,38)39/h12,21-25,27-30H,2-11,13-20H2,1H3. The van der Waals surface area contributed by atoms with Crippen LogP contribution in [-0.2, 0) is 6.42 Å². The highest BCUT2D eigenvalue weighted by Crippen LogP contribution is 2.46. The zero-order valence-electron chi connectivity index (χ0n) is 23.9. The maximum atomic E-state index is 14.9. The van der Waals surface area contributed by atoms with E-state index in [-0.39, 0.29) is 11.9 Å². The lowest BCUT2D eigenvalue weighted by Gasteiger charge is -2.38. The first-order valence-electron chi connectivity index (χ1n) is 15.9. The van der Waals surface area contributed by atoms with Crippen LogP contribution >= 0.6 is 0 Å². The van der Waals surface area contributed by atoms with Crippen LogP contribution in [0.3, 0.4) is 0 Å². The second kappa shape index (κ2) is 14.5. The number of hydrogen-bond donors (Lipinski definition) is 0. The van der Waals surface area contributed by atoms with E-state index < -0.39 is 17.9 Å². The molecule has 0 radical (unpaired) electrons. The van der Waals surface area contributed by atoms with Gasteiger partial charge in [0, 0.05) is 5.92 Å². The van der Waals surface area contributed by atoms with Gasteiger partial charge in [-0.1, -0.05) is 57.6 Å². The summed E-state index contributed by atoms with van der Waals surface area (Å²) in [7, 11) is 0. The molecule has 1 aromatic carbocycles. The van der Waals surface area contributed by atoms with Crippen molar-refractivity contribution in [2.24, 2.45) is 29.6 Å². The number of benzene rings is 1. The topological polar surface area (TPSA) is 0 Å². The van der Waals surface area contributed by atoms with Gasteiger partial charge >= 0.3 is 6.18 Å². The minimum atomic E-state index is -4.56. The summed E-state index contributed by atoms with van der Waals surface area (Å²) < 4.78 is 66.1. The zero-order chi connectivity index (χ0) is 27.8. The van der Waals surface area contributed by atoms with E-state index in [1.54, 1.807) is 6.07 Å². The van der Waals surface area contributed by atoms with Crippen molar-refractivity contribution >= 4 is 0 Å². The van der Waals surface area contributed by atoms with E-state index in [0.717, 1.165) is 73.8 Å². The van der Waals surface area contributed by atoms with Gasteiger partial charge in [0.15, 0.2) is 0 Å². The number of unbranched alkanes of at least 4 members (excludes halogenated alkanes) is 2. The molecule has 0 atom stereocenters. The summed E-state index contributed by atoms with van der Waals surface area (Å²) in [6.07, 6.45) is 14.8. The fourth-order valence-corrected chi connectivity index (χ4v) is 7.96. The number of allylic oxidation sites excluding steroid dienone is 2. The molecule has 0 spiro atoms. The molecule has 3 aliphatic rings. The van der Waals surface area contributed by atoms with Crippen molar-refractivity contribution in [3.63, 3.8) is 0 Å². The van der Waals surface area contributed by atoms with Crippen LogP contribution in [0.1, 0.15) is 133 Å². The van der Waals surface area contributed by atoms with E-state index in [1.807, 2.05) is 0 Å². The summed E-state index contributed by atoms with van der Waals surface area (Å²) in [5.74, 6) is 1.76. The Bertz CT molecular complexity index is 895. The highest BCUT2D eigenvalue weighted by atomic mass is 19.4. The third-order valence-electron chi connectivity index (χ3n) is 10.4. The minimum Gasteiger partial charge on any atom is -0.212 e. The molecule has 5 heteroatoms. The number of rotatable bonds is 10. The van der Waals surface area contributed by atoms with Gasteiger partial charge in [0.25, 0.3) is 0 Å². The Hall–Kier alpha value is -1.39. The molecule has 0 bridgehead atoms. The number of aryl methyl sites for hydroxylation is 1. The second-order valence-electron chi connectivity index (χ2n) is 13.1. The van der Waals surface area contributed by atoms with Crippen LogP contribution < -0.4 is 0 Å². The fourth-order valence-electron chi connectivity index (χ4n) is 7.96. The van der Waals surface area contributed by atoms with Gasteiger partial charge in [0.05, 0.1) is 6.08 Å².